The molecular weight excluding hydrogens is 594 g/mol. The lowest BCUT2D eigenvalue weighted by Crippen LogP contribution is -2.54. The molecule has 10 nitrogen and oxygen atoms in total. The molecule has 0 saturated carbocycles. The third-order valence-corrected chi connectivity index (χ3v) is 8.27. The molecule has 1 atom stereocenters. The van der Waals surface area contributed by atoms with Crippen LogP contribution in [0.1, 0.15) is 37.9 Å². The van der Waals surface area contributed by atoms with Gasteiger partial charge in [0.25, 0.3) is 0 Å². The van der Waals surface area contributed by atoms with Crippen LogP contribution in [0, 0.1) is 18.6 Å². The van der Waals surface area contributed by atoms with Crippen LogP contribution in [0.5, 0.6) is 0 Å². The number of ether oxygens (including phenoxy) is 1. The number of halogens is 2. The Morgan fingerprint density at radius 2 is 1.96 bits per heavy atom. The van der Waals surface area contributed by atoms with Crippen molar-refractivity contribution in [2.24, 2.45) is 0 Å². The Labute approximate surface area is 263 Å². The number of carbonyl (C=O) groups excluding carboxylic acids is 1. The highest BCUT2D eigenvalue weighted by molar-refractivity contribution is 5.95. The minimum atomic E-state index is -0.805. The van der Waals surface area contributed by atoms with E-state index >= 15 is 8.78 Å². The molecule has 238 valence electrons. The minimum absolute atomic E-state index is 0.0747. The summed E-state index contributed by atoms with van der Waals surface area (Å²) in [4.78, 5) is 44.2. The summed E-state index contributed by atoms with van der Waals surface area (Å²) in [6.45, 7) is 9.03. The number of furan rings is 1. The molecule has 1 fully saturated rings. The molecule has 4 aromatic heterocycles. The summed E-state index contributed by atoms with van der Waals surface area (Å²) in [5.41, 5.74) is 1.01. The van der Waals surface area contributed by atoms with Crippen molar-refractivity contribution in [1.29, 1.82) is 0 Å². The van der Waals surface area contributed by atoms with Crippen LogP contribution in [0.25, 0.3) is 38.9 Å². The molecular formula is C34H34F2N6O4. The van der Waals surface area contributed by atoms with E-state index in [0.29, 0.717) is 43.0 Å². The fourth-order valence-electron chi connectivity index (χ4n) is 6.04. The maximum atomic E-state index is 16.2. The number of anilines is 1. The van der Waals surface area contributed by atoms with Gasteiger partial charge in [-0.25, -0.2) is 23.1 Å². The molecule has 0 N–H and O–H groups in total. The summed E-state index contributed by atoms with van der Waals surface area (Å²) in [6, 6.07) is 7.18. The Morgan fingerprint density at radius 1 is 1.15 bits per heavy atom. The minimum Gasteiger partial charge on any atom is -0.464 e. The molecule has 1 aliphatic rings. The molecule has 0 spiro atoms. The molecule has 0 radical (unpaired) electrons. The number of fused-ring (bicyclic) bond motifs is 2. The number of hydrogen-bond donors (Lipinski definition) is 0. The number of aryl methyl sites for hydroxylation is 1. The number of piperazine rings is 1. The molecule has 5 heterocycles. The van der Waals surface area contributed by atoms with Crippen molar-refractivity contribution in [1.82, 2.24) is 24.4 Å². The van der Waals surface area contributed by atoms with Gasteiger partial charge in [0.15, 0.2) is 11.5 Å². The number of methoxy groups -OCH3 is 1. The molecule has 1 aromatic carbocycles. The Bertz CT molecular complexity index is 2050. The molecule has 6 rings (SSSR count). The molecule has 0 bridgehead atoms. The van der Waals surface area contributed by atoms with Crippen molar-refractivity contribution in [3.63, 3.8) is 0 Å². The summed E-state index contributed by atoms with van der Waals surface area (Å²) in [5.74, 6) is -1.52. The van der Waals surface area contributed by atoms with Gasteiger partial charge in [-0.15, -0.1) is 0 Å². The zero-order valence-electron chi connectivity index (χ0n) is 26.3. The van der Waals surface area contributed by atoms with Crippen LogP contribution < -0.4 is 10.6 Å². The van der Waals surface area contributed by atoms with E-state index in [1.165, 1.54) is 29.0 Å². The van der Waals surface area contributed by atoms with Crippen molar-refractivity contribution in [3.05, 3.63) is 88.3 Å². The van der Waals surface area contributed by atoms with Gasteiger partial charge in [-0.2, -0.15) is 4.98 Å². The van der Waals surface area contributed by atoms with Gasteiger partial charge in [0.2, 0.25) is 5.91 Å². The van der Waals surface area contributed by atoms with E-state index in [2.05, 4.69) is 15.0 Å². The number of carbonyl (C=O) groups is 1. The Balaban J connectivity index is 1.58. The van der Waals surface area contributed by atoms with E-state index < -0.39 is 17.3 Å². The first-order valence-electron chi connectivity index (χ1n) is 15.1. The number of nitrogens with zero attached hydrogens (tertiary/aromatic N) is 6. The zero-order valence-corrected chi connectivity index (χ0v) is 26.3. The van der Waals surface area contributed by atoms with E-state index in [4.69, 9.17) is 9.15 Å². The molecule has 46 heavy (non-hydrogen) atoms. The monoisotopic (exact) mass is 628 g/mol. The van der Waals surface area contributed by atoms with E-state index in [0.717, 1.165) is 5.56 Å². The van der Waals surface area contributed by atoms with Gasteiger partial charge < -0.3 is 19.0 Å². The van der Waals surface area contributed by atoms with Gasteiger partial charge in [0.1, 0.15) is 22.9 Å². The van der Waals surface area contributed by atoms with Crippen molar-refractivity contribution in [2.75, 3.05) is 38.3 Å². The van der Waals surface area contributed by atoms with Gasteiger partial charge >= 0.3 is 5.69 Å². The predicted molar refractivity (Wildman–Crippen MR) is 171 cm³/mol. The Kier molecular flexibility index (Phi) is 8.39. The second-order valence-corrected chi connectivity index (χ2v) is 11.7. The van der Waals surface area contributed by atoms with Crippen molar-refractivity contribution < 1.29 is 22.7 Å². The van der Waals surface area contributed by atoms with Crippen molar-refractivity contribution in [2.45, 2.75) is 39.7 Å². The maximum absolute atomic E-state index is 16.2. The van der Waals surface area contributed by atoms with Crippen LogP contribution in [0.4, 0.5) is 14.6 Å². The highest BCUT2D eigenvalue weighted by Crippen LogP contribution is 2.37. The van der Waals surface area contributed by atoms with E-state index in [1.54, 1.807) is 42.5 Å². The Morgan fingerprint density at radius 3 is 2.70 bits per heavy atom. The molecule has 1 amide bonds. The second kappa shape index (κ2) is 12.4. The zero-order chi connectivity index (χ0) is 32.7. The molecule has 5 aromatic rings. The number of pyridine rings is 2. The van der Waals surface area contributed by atoms with Gasteiger partial charge in [0.05, 0.1) is 35.2 Å². The SMILES string of the molecule is COC/C=C/C(=O)N1CCN(c2nc(=O)n(-c3c(C)ccnc3C(C)C)c3nc(-c4c(F)ccc5ccoc45)c(F)cc23)[C@@H](C)C1. The summed E-state index contributed by atoms with van der Waals surface area (Å²) >= 11 is 0. The Hall–Kier alpha value is -4.97. The molecule has 12 heteroatoms. The summed E-state index contributed by atoms with van der Waals surface area (Å²) in [5, 5.41) is 0.839. The lowest BCUT2D eigenvalue weighted by Gasteiger charge is -2.40. The number of aromatic nitrogens is 4. The first-order chi connectivity index (χ1) is 22.1. The maximum Gasteiger partial charge on any atom is 0.355 e. The topological polar surface area (TPSA) is 107 Å². The molecule has 1 saturated heterocycles. The third-order valence-electron chi connectivity index (χ3n) is 8.27. The van der Waals surface area contributed by atoms with Crippen LogP contribution in [0.15, 0.2) is 64.2 Å². The van der Waals surface area contributed by atoms with E-state index in [9.17, 15) is 9.59 Å². The quantitative estimate of drug-likeness (QED) is 0.217. The second-order valence-electron chi connectivity index (χ2n) is 11.7. The molecule has 0 aliphatic carbocycles. The van der Waals surface area contributed by atoms with Crippen LogP contribution in [-0.2, 0) is 9.53 Å². The number of rotatable bonds is 7. The standard InChI is InChI=1S/C34H34F2N6O4/c1-19(2)28-30(20(3)10-12-37-28)42-33-23(17-25(36)29(38-33)27-24(35)9-8-22-11-16-46-31(22)27)32(39-34(42)44)41-14-13-40(18-21(41)4)26(43)7-6-15-45-5/h6-12,16-17,19,21H,13-15,18H2,1-5H3/b7-6+/t21-/m0/s1. The molecule has 0 unspecified atom stereocenters. The van der Waals surface area contributed by atoms with E-state index in [1.807, 2.05) is 32.6 Å². The number of benzene rings is 1. The van der Waals surface area contributed by atoms with Crippen molar-refractivity contribution in [3.8, 4) is 16.9 Å². The summed E-state index contributed by atoms with van der Waals surface area (Å²) < 4.78 is 43.5. The number of hydrogen-bond acceptors (Lipinski definition) is 8. The summed E-state index contributed by atoms with van der Waals surface area (Å²) in [6.07, 6.45) is 6.19. The van der Waals surface area contributed by atoms with Crippen LogP contribution in [0.2, 0.25) is 0 Å². The lowest BCUT2D eigenvalue weighted by molar-refractivity contribution is -0.126. The average molecular weight is 629 g/mol. The first kappa shape index (κ1) is 31.0. The van der Waals surface area contributed by atoms with Gasteiger partial charge in [-0.05, 0) is 55.7 Å². The highest BCUT2D eigenvalue weighted by Gasteiger charge is 2.31. The van der Waals surface area contributed by atoms with Crippen LogP contribution in [-0.4, -0.2) is 69.7 Å². The predicted octanol–water partition coefficient (Wildman–Crippen LogP) is 5.54. The van der Waals surface area contributed by atoms with E-state index in [-0.39, 0.29) is 51.6 Å². The largest absolute Gasteiger partial charge is 0.464 e. The van der Waals surface area contributed by atoms with Crippen LogP contribution >= 0.6 is 0 Å². The number of amides is 1. The average Bonchev–Trinajstić information content (AvgIpc) is 3.50. The fraction of sp³-hybridized carbons (Fsp3) is 0.324. The van der Waals surface area contributed by atoms with Crippen LogP contribution in [0.3, 0.4) is 0 Å². The highest BCUT2D eigenvalue weighted by atomic mass is 19.1. The lowest BCUT2D eigenvalue weighted by atomic mass is 10.0. The van der Waals surface area contributed by atoms with Gasteiger partial charge in [-0.1, -0.05) is 19.9 Å². The summed E-state index contributed by atoms with van der Waals surface area (Å²) in [7, 11) is 1.55. The normalized spacial score (nSPS) is 15.6. The smallest absolute Gasteiger partial charge is 0.355 e. The fourth-order valence-corrected chi connectivity index (χ4v) is 6.04. The van der Waals surface area contributed by atoms with Gasteiger partial charge in [0, 0.05) is 50.4 Å². The first-order valence-corrected chi connectivity index (χ1v) is 15.1. The van der Waals surface area contributed by atoms with Crippen molar-refractivity contribution >= 4 is 33.7 Å². The van der Waals surface area contributed by atoms with Gasteiger partial charge in [-0.3, -0.25) is 9.78 Å². The third kappa shape index (κ3) is 5.42. The molecule has 1 aliphatic heterocycles.